The van der Waals surface area contributed by atoms with Crippen molar-refractivity contribution >= 4 is 17.7 Å². The fourth-order valence-corrected chi connectivity index (χ4v) is 4.54. The third-order valence-corrected chi connectivity index (χ3v) is 5.78. The molecule has 1 amide bonds. The van der Waals surface area contributed by atoms with Gasteiger partial charge in [0.15, 0.2) is 5.16 Å². The summed E-state index contributed by atoms with van der Waals surface area (Å²) >= 11 is 1.42. The van der Waals surface area contributed by atoms with Gasteiger partial charge in [0.05, 0.1) is 0 Å². The Balaban J connectivity index is 1.71. The summed E-state index contributed by atoms with van der Waals surface area (Å²) in [5.41, 5.74) is 2.49. The summed E-state index contributed by atoms with van der Waals surface area (Å²) in [4.78, 5) is 28.9. The van der Waals surface area contributed by atoms with Crippen LogP contribution in [0.1, 0.15) is 35.7 Å². The standard InChI is InChI=1S/C18H18FN3O2S/c19-12-6-4-11(5-7-12)10-25-18-21-16(23)13-2-1-3-14(13)22(18)15-8-9-20-17(15)24/h4-7,15H,1-3,8-10H2,(H,20,24). The van der Waals surface area contributed by atoms with Gasteiger partial charge in [0.25, 0.3) is 5.56 Å². The van der Waals surface area contributed by atoms with Crippen LogP contribution in [0.15, 0.2) is 34.2 Å². The molecule has 130 valence electrons. The van der Waals surface area contributed by atoms with Gasteiger partial charge in [-0.3, -0.25) is 9.59 Å². The van der Waals surface area contributed by atoms with Crippen LogP contribution in [0.2, 0.25) is 0 Å². The molecule has 7 heteroatoms. The number of hydrogen-bond acceptors (Lipinski definition) is 4. The maximum absolute atomic E-state index is 13.1. The minimum Gasteiger partial charge on any atom is -0.354 e. The molecule has 1 unspecified atom stereocenters. The van der Waals surface area contributed by atoms with E-state index in [1.165, 1.54) is 23.9 Å². The molecule has 1 fully saturated rings. The van der Waals surface area contributed by atoms with E-state index in [2.05, 4.69) is 10.3 Å². The number of halogens is 1. The van der Waals surface area contributed by atoms with Crippen molar-refractivity contribution in [1.29, 1.82) is 0 Å². The lowest BCUT2D eigenvalue weighted by Crippen LogP contribution is -2.28. The van der Waals surface area contributed by atoms with Crippen molar-refractivity contribution in [3.8, 4) is 0 Å². The Morgan fingerprint density at radius 1 is 1.24 bits per heavy atom. The Morgan fingerprint density at radius 2 is 2.04 bits per heavy atom. The van der Waals surface area contributed by atoms with Crippen LogP contribution in [0.4, 0.5) is 4.39 Å². The highest BCUT2D eigenvalue weighted by Gasteiger charge is 2.32. The second kappa shape index (κ2) is 6.63. The summed E-state index contributed by atoms with van der Waals surface area (Å²) in [5, 5.41) is 3.45. The van der Waals surface area contributed by atoms with Crippen LogP contribution >= 0.6 is 11.8 Å². The number of fused-ring (bicyclic) bond motifs is 1. The highest BCUT2D eigenvalue weighted by Crippen LogP contribution is 2.31. The number of carbonyl (C=O) groups is 1. The topological polar surface area (TPSA) is 64.0 Å². The molecular weight excluding hydrogens is 341 g/mol. The van der Waals surface area contributed by atoms with Crippen LogP contribution in [0, 0.1) is 5.82 Å². The van der Waals surface area contributed by atoms with Gasteiger partial charge in [0.1, 0.15) is 11.9 Å². The second-order valence-corrected chi connectivity index (χ2v) is 7.30. The number of benzene rings is 1. The number of thioether (sulfide) groups is 1. The molecule has 1 atom stereocenters. The van der Waals surface area contributed by atoms with Gasteiger partial charge >= 0.3 is 0 Å². The van der Waals surface area contributed by atoms with Gasteiger partial charge in [-0.1, -0.05) is 23.9 Å². The zero-order valence-corrected chi connectivity index (χ0v) is 14.4. The first-order valence-corrected chi connectivity index (χ1v) is 9.41. The number of nitrogens with zero attached hydrogens (tertiary/aromatic N) is 2. The van der Waals surface area contributed by atoms with E-state index in [0.717, 1.165) is 36.1 Å². The van der Waals surface area contributed by atoms with Crippen molar-refractivity contribution in [2.75, 3.05) is 6.54 Å². The van der Waals surface area contributed by atoms with E-state index in [-0.39, 0.29) is 23.3 Å². The molecule has 2 aromatic rings. The van der Waals surface area contributed by atoms with Crippen molar-refractivity contribution in [3.63, 3.8) is 0 Å². The SMILES string of the molecule is O=C1NCCC1n1c(SCc2ccc(F)cc2)nc(=O)c2c1CCC2. The quantitative estimate of drug-likeness (QED) is 0.672. The number of rotatable bonds is 4. The average molecular weight is 359 g/mol. The molecule has 0 bridgehead atoms. The zero-order valence-electron chi connectivity index (χ0n) is 13.6. The maximum Gasteiger partial charge on any atom is 0.277 e. The molecule has 25 heavy (non-hydrogen) atoms. The summed E-state index contributed by atoms with van der Waals surface area (Å²) in [6, 6.07) is 5.99. The predicted octanol–water partition coefficient (Wildman–Crippen LogP) is 2.22. The molecular formula is C18H18FN3O2S. The molecule has 2 aliphatic rings. The Morgan fingerprint density at radius 3 is 2.76 bits per heavy atom. The molecule has 2 heterocycles. The first-order chi connectivity index (χ1) is 12.1. The minimum atomic E-state index is -0.296. The number of carbonyl (C=O) groups excluding carboxylic acids is 1. The number of hydrogen-bond donors (Lipinski definition) is 1. The first kappa shape index (κ1) is 16.3. The molecule has 1 N–H and O–H groups in total. The fourth-order valence-electron chi connectivity index (χ4n) is 3.53. The van der Waals surface area contributed by atoms with E-state index in [9.17, 15) is 14.0 Å². The van der Waals surface area contributed by atoms with E-state index in [1.54, 1.807) is 12.1 Å². The second-order valence-electron chi connectivity index (χ2n) is 6.36. The third kappa shape index (κ3) is 3.08. The molecule has 0 saturated carbocycles. The Kier molecular flexibility index (Phi) is 4.33. The third-order valence-electron chi connectivity index (χ3n) is 4.75. The lowest BCUT2D eigenvalue weighted by atomic mass is 10.2. The fraction of sp³-hybridized carbons (Fsp3) is 0.389. The van der Waals surface area contributed by atoms with Crippen molar-refractivity contribution < 1.29 is 9.18 Å². The van der Waals surface area contributed by atoms with Crippen LogP contribution < -0.4 is 10.9 Å². The molecule has 1 saturated heterocycles. The summed E-state index contributed by atoms with van der Waals surface area (Å²) in [6.07, 6.45) is 3.17. The summed E-state index contributed by atoms with van der Waals surface area (Å²) in [6.45, 7) is 0.645. The largest absolute Gasteiger partial charge is 0.354 e. The number of amides is 1. The van der Waals surface area contributed by atoms with Crippen LogP contribution in [0.5, 0.6) is 0 Å². The molecule has 1 aliphatic carbocycles. The van der Waals surface area contributed by atoms with E-state index >= 15 is 0 Å². The summed E-state index contributed by atoms with van der Waals surface area (Å²) in [7, 11) is 0. The van der Waals surface area contributed by atoms with Crippen LogP contribution in [-0.2, 0) is 23.4 Å². The lowest BCUT2D eigenvalue weighted by molar-refractivity contribution is -0.122. The highest BCUT2D eigenvalue weighted by molar-refractivity contribution is 7.98. The average Bonchev–Trinajstić information content (AvgIpc) is 3.24. The van der Waals surface area contributed by atoms with Gasteiger partial charge in [-0.05, 0) is 43.4 Å². The van der Waals surface area contributed by atoms with Crippen LogP contribution in [0.3, 0.4) is 0 Å². The van der Waals surface area contributed by atoms with E-state index in [1.807, 2.05) is 4.57 Å². The normalized spacial score (nSPS) is 19.1. The zero-order chi connectivity index (χ0) is 17.4. The number of nitrogens with one attached hydrogen (secondary N) is 1. The van der Waals surface area contributed by atoms with E-state index in [0.29, 0.717) is 23.9 Å². The highest BCUT2D eigenvalue weighted by atomic mass is 32.2. The minimum absolute atomic E-state index is 0.0109. The van der Waals surface area contributed by atoms with E-state index < -0.39 is 0 Å². The number of aromatic nitrogens is 2. The molecule has 5 nitrogen and oxygen atoms in total. The molecule has 4 rings (SSSR count). The molecule has 1 aromatic heterocycles. The van der Waals surface area contributed by atoms with E-state index in [4.69, 9.17) is 0 Å². The molecule has 1 aliphatic heterocycles. The first-order valence-electron chi connectivity index (χ1n) is 8.43. The summed E-state index contributed by atoms with van der Waals surface area (Å²) in [5.74, 6) is 0.284. The van der Waals surface area contributed by atoms with Crippen molar-refractivity contribution in [1.82, 2.24) is 14.9 Å². The van der Waals surface area contributed by atoms with Crippen LogP contribution in [0.25, 0.3) is 0 Å². The molecule has 0 spiro atoms. The smallest absolute Gasteiger partial charge is 0.277 e. The van der Waals surface area contributed by atoms with Crippen molar-refractivity contribution in [2.24, 2.45) is 0 Å². The predicted molar refractivity (Wildman–Crippen MR) is 93.1 cm³/mol. The Bertz CT molecular complexity index is 879. The van der Waals surface area contributed by atoms with Gasteiger partial charge in [0.2, 0.25) is 5.91 Å². The van der Waals surface area contributed by atoms with Gasteiger partial charge in [-0.25, -0.2) is 4.39 Å². The monoisotopic (exact) mass is 359 g/mol. The van der Waals surface area contributed by atoms with Gasteiger partial charge in [-0.2, -0.15) is 4.98 Å². The van der Waals surface area contributed by atoms with Gasteiger partial charge < -0.3 is 9.88 Å². The van der Waals surface area contributed by atoms with Crippen LogP contribution in [-0.4, -0.2) is 22.0 Å². The summed E-state index contributed by atoms with van der Waals surface area (Å²) < 4.78 is 15.0. The van der Waals surface area contributed by atoms with Gasteiger partial charge in [-0.15, -0.1) is 0 Å². The Labute approximate surface area is 148 Å². The molecule has 1 aromatic carbocycles. The van der Waals surface area contributed by atoms with Gasteiger partial charge in [0, 0.05) is 23.6 Å². The maximum atomic E-state index is 13.1. The Hall–Kier alpha value is -2.15. The molecule has 0 radical (unpaired) electrons. The lowest BCUT2D eigenvalue weighted by Gasteiger charge is -2.21. The van der Waals surface area contributed by atoms with Crippen molar-refractivity contribution in [3.05, 3.63) is 57.3 Å². The van der Waals surface area contributed by atoms with Crippen molar-refractivity contribution in [2.45, 2.75) is 42.6 Å².